The normalized spacial score (nSPS) is 10.8. The van der Waals surface area contributed by atoms with Crippen LogP contribution in [0, 0.1) is 0 Å². The predicted octanol–water partition coefficient (Wildman–Crippen LogP) is 2.18. The minimum absolute atomic E-state index is 0.299. The van der Waals surface area contributed by atoms with Crippen LogP contribution >= 0.6 is 11.6 Å². The van der Waals surface area contributed by atoms with Gasteiger partial charge in [-0.15, -0.1) is 0 Å². The first-order valence-electron chi connectivity index (χ1n) is 6.12. The molecule has 0 bridgehead atoms. The molecule has 0 atom stereocenters. The Hall–Kier alpha value is -1.75. The van der Waals surface area contributed by atoms with Crippen LogP contribution in [0.15, 0.2) is 24.3 Å². The van der Waals surface area contributed by atoms with Gasteiger partial charge >= 0.3 is 5.97 Å². The lowest BCUT2D eigenvalue weighted by Gasteiger charge is -2.20. The maximum absolute atomic E-state index is 11.4. The Morgan fingerprint density at radius 3 is 2.45 bits per heavy atom. The van der Waals surface area contributed by atoms with E-state index < -0.39 is 5.97 Å². The van der Waals surface area contributed by atoms with E-state index in [4.69, 9.17) is 21.1 Å². The van der Waals surface area contributed by atoms with Crippen LogP contribution in [-0.2, 0) is 14.3 Å². The Morgan fingerprint density at radius 1 is 1.20 bits per heavy atom. The fraction of sp³-hybridized carbons (Fsp3) is 0.429. The third-order valence-corrected chi connectivity index (χ3v) is 2.37. The zero-order valence-corrected chi connectivity index (χ0v) is 12.5. The number of amides is 1. The highest BCUT2D eigenvalue weighted by Gasteiger charge is 2.15. The molecule has 0 heterocycles. The number of carbonyl (C=O) groups is 2. The van der Waals surface area contributed by atoms with Gasteiger partial charge in [0.25, 0.3) is 5.91 Å². The Labute approximate surface area is 123 Å². The van der Waals surface area contributed by atoms with Crippen molar-refractivity contribution in [2.24, 2.45) is 0 Å². The first kappa shape index (κ1) is 16.3. The van der Waals surface area contributed by atoms with E-state index in [-0.39, 0.29) is 24.7 Å². The molecule has 0 fully saturated rings. The SMILES string of the molecule is CC(C)(C)NC(=O)COC(=O)COc1ccccc1Cl. The Bertz CT molecular complexity index is 482. The maximum Gasteiger partial charge on any atom is 0.344 e. The largest absolute Gasteiger partial charge is 0.480 e. The van der Waals surface area contributed by atoms with Crippen LogP contribution in [0.25, 0.3) is 0 Å². The number of hydrogen-bond acceptors (Lipinski definition) is 4. The van der Waals surface area contributed by atoms with Crippen LogP contribution in [0.5, 0.6) is 5.75 Å². The number of para-hydroxylation sites is 1. The maximum atomic E-state index is 11.4. The molecule has 0 aliphatic rings. The molecule has 1 rings (SSSR count). The average Bonchev–Trinajstić information content (AvgIpc) is 2.33. The van der Waals surface area contributed by atoms with Crippen LogP contribution in [-0.4, -0.2) is 30.6 Å². The summed E-state index contributed by atoms with van der Waals surface area (Å²) in [6, 6.07) is 6.79. The van der Waals surface area contributed by atoms with Crippen molar-refractivity contribution in [3.05, 3.63) is 29.3 Å². The topological polar surface area (TPSA) is 64.6 Å². The summed E-state index contributed by atoms with van der Waals surface area (Å²) in [6.45, 7) is 4.89. The fourth-order valence-corrected chi connectivity index (χ4v) is 1.53. The zero-order valence-electron chi connectivity index (χ0n) is 11.7. The lowest BCUT2D eigenvalue weighted by atomic mass is 10.1. The summed E-state index contributed by atoms with van der Waals surface area (Å²) < 4.78 is 9.99. The second kappa shape index (κ2) is 7.14. The Morgan fingerprint density at radius 2 is 1.85 bits per heavy atom. The molecule has 0 saturated carbocycles. The molecule has 0 saturated heterocycles. The summed E-state index contributed by atoms with van der Waals surface area (Å²) in [4.78, 5) is 22.9. The minimum Gasteiger partial charge on any atom is -0.480 e. The first-order chi connectivity index (χ1) is 9.28. The van der Waals surface area contributed by atoms with Crippen molar-refractivity contribution in [1.82, 2.24) is 5.32 Å². The molecule has 20 heavy (non-hydrogen) atoms. The molecule has 0 aliphatic heterocycles. The van der Waals surface area contributed by atoms with E-state index in [2.05, 4.69) is 5.32 Å². The summed E-state index contributed by atoms with van der Waals surface area (Å²) in [7, 11) is 0. The van der Waals surface area contributed by atoms with E-state index >= 15 is 0 Å². The Kier molecular flexibility index (Phi) is 5.82. The van der Waals surface area contributed by atoms with Crippen molar-refractivity contribution >= 4 is 23.5 Å². The number of carbonyl (C=O) groups excluding carboxylic acids is 2. The molecule has 0 aliphatic carbocycles. The van der Waals surface area contributed by atoms with Crippen LogP contribution in [0.2, 0.25) is 5.02 Å². The second-order valence-electron chi connectivity index (χ2n) is 5.18. The molecule has 0 unspecified atom stereocenters. The van der Waals surface area contributed by atoms with Crippen LogP contribution in [0.3, 0.4) is 0 Å². The number of nitrogens with one attached hydrogen (secondary N) is 1. The highest BCUT2D eigenvalue weighted by Crippen LogP contribution is 2.22. The third kappa shape index (κ3) is 6.43. The van der Waals surface area contributed by atoms with E-state index in [1.165, 1.54) is 0 Å². The van der Waals surface area contributed by atoms with E-state index in [1.807, 2.05) is 20.8 Å². The summed E-state index contributed by atoms with van der Waals surface area (Å²) in [6.07, 6.45) is 0. The van der Waals surface area contributed by atoms with Gasteiger partial charge < -0.3 is 14.8 Å². The molecule has 1 amide bonds. The third-order valence-electron chi connectivity index (χ3n) is 2.06. The highest BCUT2D eigenvalue weighted by atomic mass is 35.5. The number of esters is 1. The lowest BCUT2D eigenvalue weighted by Crippen LogP contribution is -2.43. The Balaban J connectivity index is 2.31. The van der Waals surface area contributed by atoms with Gasteiger partial charge in [0.15, 0.2) is 13.2 Å². The number of benzene rings is 1. The summed E-state index contributed by atoms with van der Waals surface area (Å²) in [5.74, 6) is -0.595. The number of rotatable bonds is 5. The molecule has 1 N–H and O–H groups in total. The van der Waals surface area contributed by atoms with Gasteiger partial charge in [0, 0.05) is 5.54 Å². The number of halogens is 1. The van der Waals surface area contributed by atoms with Gasteiger partial charge in [0.1, 0.15) is 5.75 Å². The van der Waals surface area contributed by atoms with Gasteiger partial charge in [-0.3, -0.25) is 4.79 Å². The van der Waals surface area contributed by atoms with Crippen molar-refractivity contribution in [1.29, 1.82) is 0 Å². The van der Waals surface area contributed by atoms with Crippen molar-refractivity contribution < 1.29 is 19.1 Å². The van der Waals surface area contributed by atoms with Gasteiger partial charge in [-0.25, -0.2) is 4.79 Å². The monoisotopic (exact) mass is 299 g/mol. The summed E-state index contributed by atoms with van der Waals surface area (Å²) in [5.41, 5.74) is -0.364. The van der Waals surface area contributed by atoms with Gasteiger partial charge in [0.2, 0.25) is 0 Å². The number of ether oxygens (including phenoxy) is 2. The molecule has 5 nitrogen and oxygen atoms in total. The molecule has 6 heteroatoms. The molecular formula is C14H18ClNO4. The van der Waals surface area contributed by atoms with Gasteiger partial charge in [-0.1, -0.05) is 23.7 Å². The molecule has 110 valence electrons. The van der Waals surface area contributed by atoms with E-state index in [1.54, 1.807) is 24.3 Å². The smallest absolute Gasteiger partial charge is 0.344 e. The molecule has 1 aromatic rings. The van der Waals surface area contributed by atoms with E-state index in [9.17, 15) is 9.59 Å². The molecule has 0 spiro atoms. The van der Waals surface area contributed by atoms with Gasteiger partial charge in [0.05, 0.1) is 5.02 Å². The van der Waals surface area contributed by atoms with Crippen molar-refractivity contribution in [3.63, 3.8) is 0 Å². The molecule has 0 radical (unpaired) electrons. The standard InChI is InChI=1S/C14H18ClNO4/c1-14(2,3)16-12(17)8-20-13(18)9-19-11-7-5-4-6-10(11)15/h4-7H,8-9H2,1-3H3,(H,16,17). The zero-order chi connectivity index (χ0) is 15.2. The van der Waals surface area contributed by atoms with Crippen molar-refractivity contribution in [3.8, 4) is 5.75 Å². The van der Waals surface area contributed by atoms with Gasteiger partial charge in [-0.2, -0.15) is 0 Å². The summed E-state index contributed by atoms with van der Waals surface area (Å²) in [5, 5.41) is 3.09. The summed E-state index contributed by atoms with van der Waals surface area (Å²) >= 11 is 5.87. The second-order valence-corrected chi connectivity index (χ2v) is 5.59. The minimum atomic E-state index is -0.631. The lowest BCUT2D eigenvalue weighted by molar-refractivity contribution is -0.150. The molecule has 0 aromatic heterocycles. The quantitative estimate of drug-likeness (QED) is 0.846. The van der Waals surface area contributed by atoms with E-state index in [0.29, 0.717) is 10.8 Å². The fourth-order valence-electron chi connectivity index (χ4n) is 1.34. The molecular weight excluding hydrogens is 282 g/mol. The van der Waals surface area contributed by atoms with Crippen LogP contribution < -0.4 is 10.1 Å². The molecule has 1 aromatic carbocycles. The number of hydrogen-bond donors (Lipinski definition) is 1. The average molecular weight is 300 g/mol. The van der Waals surface area contributed by atoms with Crippen LogP contribution in [0.1, 0.15) is 20.8 Å². The van der Waals surface area contributed by atoms with Crippen molar-refractivity contribution in [2.45, 2.75) is 26.3 Å². The predicted molar refractivity (Wildman–Crippen MR) is 75.8 cm³/mol. The van der Waals surface area contributed by atoms with Crippen LogP contribution in [0.4, 0.5) is 0 Å². The van der Waals surface area contributed by atoms with Gasteiger partial charge in [-0.05, 0) is 32.9 Å². The highest BCUT2D eigenvalue weighted by molar-refractivity contribution is 6.32. The van der Waals surface area contributed by atoms with E-state index in [0.717, 1.165) is 0 Å². The van der Waals surface area contributed by atoms with Crippen molar-refractivity contribution in [2.75, 3.05) is 13.2 Å². The first-order valence-corrected chi connectivity index (χ1v) is 6.50.